The van der Waals surface area contributed by atoms with Crippen molar-refractivity contribution in [3.05, 3.63) is 5.82 Å². The van der Waals surface area contributed by atoms with E-state index in [9.17, 15) is 0 Å². The van der Waals surface area contributed by atoms with Gasteiger partial charge in [-0.05, 0) is 38.1 Å². The number of hydrogen-bond acceptors (Lipinski definition) is 5. The quantitative estimate of drug-likeness (QED) is 0.869. The van der Waals surface area contributed by atoms with Gasteiger partial charge in [0, 0.05) is 30.5 Å². The van der Waals surface area contributed by atoms with Crippen LogP contribution in [0.4, 0.5) is 5.13 Å². The minimum Gasteiger partial charge on any atom is -0.347 e. The standard InChI is InChI=1S/C11H18N4S/c12-6-8-2-1-5-15(7-8)11-13-10(14-16-11)9-3-4-9/h8-9H,1-7,12H2. The molecule has 0 radical (unpaired) electrons. The Hall–Kier alpha value is -0.680. The monoisotopic (exact) mass is 238 g/mol. The Kier molecular flexibility index (Phi) is 2.81. The fourth-order valence-corrected chi connectivity index (χ4v) is 3.07. The average Bonchev–Trinajstić information content (AvgIpc) is 3.07. The summed E-state index contributed by atoms with van der Waals surface area (Å²) in [6.45, 7) is 2.98. The predicted molar refractivity (Wildman–Crippen MR) is 65.9 cm³/mol. The lowest BCUT2D eigenvalue weighted by Gasteiger charge is -2.31. The second-order valence-corrected chi connectivity index (χ2v) is 5.63. The van der Waals surface area contributed by atoms with Crippen molar-refractivity contribution in [3.8, 4) is 0 Å². The van der Waals surface area contributed by atoms with E-state index in [1.54, 1.807) is 11.5 Å². The first-order chi connectivity index (χ1) is 7.86. The largest absolute Gasteiger partial charge is 0.347 e. The predicted octanol–water partition coefficient (Wildman–Crippen LogP) is 1.59. The maximum Gasteiger partial charge on any atom is 0.205 e. The van der Waals surface area contributed by atoms with E-state index < -0.39 is 0 Å². The molecule has 5 heteroatoms. The third kappa shape index (κ3) is 2.06. The SMILES string of the molecule is NCC1CCCN(c2nc(C3CC3)ns2)C1. The number of nitrogens with zero attached hydrogens (tertiary/aromatic N) is 3. The van der Waals surface area contributed by atoms with Gasteiger partial charge in [0.2, 0.25) is 5.13 Å². The van der Waals surface area contributed by atoms with E-state index in [4.69, 9.17) is 5.73 Å². The van der Waals surface area contributed by atoms with Crippen molar-refractivity contribution in [3.63, 3.8) is 0 Å². The summed E-state index contributed by atoms with van der Waals surface area (Å²) in [6, 6.07) is 0. The van der Waals surface area contributed by atoms with Crippen LogP contribution in [0.3, 0.4) is 0 Å². The molecular formula is C11H18N4S. The zero-order chi connectivity index (χ0) is 11.0. The Morgan fingerprint density at radius 2 is 2.25 bits per heavy atom. The van der Waals surface area contributed by atoms with Crippen LogP contribution in [0, 0.1) is 5.92 Å². The van der Waals surface area contributed by atoms with E-state index in [0.717, 1.165) is 30.6 Å². The Morgan fingerprint density at radius 3 is 3.00 bits per heavy atom. The molecule has 2 fully saturated rings. The molecule has 88 valence electrons. The first kappa shape index (κ1) is 10.5. The summed E-state index contributed by atoms with van der Waals surface area (Å²) in [5.41, 5.74) is 5.75. The fraction of sp³-hybridized carbons (Fsp3) is 0.818. The molecule has 1 atom stereocenters. The molecule has 1 aromatic heterocycles. The third-order valence-corrected chi connectivity index (χ3v) is 4.29. The number of rotatable bonds is 3. The van der Waals surface area contributed by atoms with Gasteiger partial charge in [-0.15, -0.1) is 0 Å². The fourth-order valence-electron chi connectivity index (χ4n) is 2.29. The van der Waals surface area contributed by atoms with E-state index in [1.807, 2.05) is 0 Å². The number of aromatic nitrogens is 2. The zero-order valence-electron chi connectivity index (χ0n) is 9.43. The summed E-state index contributed by atoms with van der Waals surface area (Å²) in [5.74, 6) is 2.39. The van der Waals surface area contributed by atoms with Crippen LogP contribution in [-0.2, 0) is 0 Å². The summed E-state index contributed by atoms with van der Waals surface area (Å²) >= 11 is 1.56. The molecule has 3 rings (SSSR count). The number of nitrogens with two attached hydrogens (primary N) is 1. The molecule has 2 aliphatic rings. The van der Waals surface area contributed by atoms with Gasteiger partial charge in [-0.3, -0.25) is 0 Å². The van der Waals surface area contributed by atoms with Gasteiger partial charge in [0.1, 0.15) is 5.82 Å². The lowest BCUT2D eigenvalue weighted by atomic mass is 9.99. The van der Waals surface area contributed by atoms with Crippen molar-refractivity contribution in [2.45, 2.75) is 31.6 Å². The molecule has 1 saturated heterocycles. The summed E-state index contributed by atoms with van der Waals surface area (Å²) in [6.07, 6.45) is 5.06. The van der Waals surface area contributed by atoms with E-state index in [-0.39, 0.29) is 0 Å². The second-order valence-electron chi connectivity index (χ2n) is 4.90. The Morgan fingerprint density at radius 1 is 1.38 bits per heavy atom. The van der Waals surface area contributed by atoms with Crippen molar-refractivity contribution >= 4 is 16.7 Å². The van der Waals surface area contributed by atoms with E-state index in [2.05, 4.69) is 14.3 Å². The van der Waals surface area contributed by atoms with E-state index in [0.29, 0.717) is 11.8 Å². The normalized spacial score (nSPS) is 26.1. The molecule has 1 unspecified atom stereocenters. The number of hydrogen-bond donors (Lipinski definition) is 1. The molecule has 16 heavy (non-hydrogen) atoms. The molecule has 4 nitrogen and oxygen atoms in total. The van der Waals surface area contributed by atoms with Gasteiger partial charge in [-0.25, -0.2) is 4.98 Å². The summed E-state index contributed by atoms with van der Waals surface area (Å²) < 4.78 is 4.46. The van der Waals surface area contributed by atoms with Crippen LogP contribution < -0.4 is 10.6 Å². The lowest BCUT2D eigenvalue weighted by molar-refractivity contribution is 0.423. The van der Waals surface area contributed by atoms with Crippen molar-refractivity contribution in [2.75, 3.05) is 24.5 Å². The van der Waals surface area contributed by atoms with E-state index in [1.165, 1.54) is 25.7 Å². The van der Waals surface area contributed by atoms with Gasteiger partial charge in [0.05, 0.1) is 0 Å². The number of piperidine rings is 1. The van der Waals surface area contributed by atoms with E-state index >= 15 is 0 Å². The van der Waals surface area contributed by atoms with Crippen molar-refractivity contribution < 1.29 is 0 Å². The topological polar surface area (TPSA) is 55.0 Å². The molecule has 1 aliphatic heterocycles. The van der Waals surface area contributed by atoms with Crippen LogP contribution in [-0.4, -0.2) is 29.0 Å². The van der Waals surface area contributed by atoms with Crippen molar-refractivity contribution in [1.82, 2.24) is 9.36 Å². The number of anilines is 1. The van der Waals surface area contributed by atoms with Crippen LogP contribution in [0.15, 0.2) is 0 Å². The van der Waals surface area contributed by atoms with Crippen molar-refractivity contribution in [2.24, 2.45) is 11.7 Å². The van der Waals surface area contributed by atoms with Crippen LogP contribution >= 0.6 is 11.5 Å². The highest BCUT2D eigenvalue weighted by atomic mass is 32.1. The second kappa shape index (κ2) is 4.30. The van der Waals surface area contributed by atoms with Gasteiger partial charge in [-0.1, -0.05) is 0 Å². The minimum atomic E-state index is 0.641. The highest BCUT2D eigenvalue weighted by Crippen LogP contribution is 2.40. The molecule has 0 spiro atoms. The highest BCUT2D eigenvalue weighted by Gasteiger charge is 2.29. The van der Waals surface area contributed by atoms with Gasteiger partial charge in [0.25, 0.3) is 0 Å². The van der Waals surface area contributed by atoms with Crippen LogP contribution in [0.2, 0.25) is 0 Å². The lowest BCUT2D eigenvalue weighted by Crippen LogP contribution is -2.38. The molecule has 0 amide bonds. The first-order valence-corrected chi connectivity index (χ1v) is 6.93. The minimum absolute atomic E-state index is 0.641. The Labute approximate surface area is 100 Å². The average molecular weight is 238 g/mol. The Bertz CT molecular complexity index is 361. The smallest absolute Gasteiger partial charge is 0.205 e. The van der Waals surface area contributed by atoms with Crippen LogP contribution in [0.1, 0.15) is 37.4 Å². The molecule has 1 saturated carbocycles. The molecule has 1 aromatic rings. The maximum atomic E-state index is 5.75. The maximum absolute atomic E-state index is 5.75. The molecule has 1 aliphatic carbocycles. The summed E-state index contributed by atoms with van der Waals surface area (Å²) in [7, 11) is 0. The highest BCUT2D eigenvalue weighted by molar-refractivity contribution is 7.09. The van der Waals surface area contributed by atoms with Crippen LogP contribution in [0.5, 0.6) is 0 Å². The summed E-state index contributed by atoms with van der Waals surface area (Å²) in [4.78, 5) is 7.02. The Balaban J connectivity index is 1.70. The molecule has 2 heterocycles. The van der Waals surface area contributed by atoms with Gasteiger partial charge in [0.15, 0.2) is 0 Å². The van der Waals surface area contributed by atoms with Gasteiger partial charge >= 0.3 is 0 Å². The first-order valence-electron chi connectivity index (χ1n) is 6.15. The molecule has 2 N–H and O–H groups in total. The molecule has 0 bridgehead atoms. The molecular weight excluding hydrogens is 220 g/mol. The van der Waals surface area contributed by atoms with Gasteiger partial charge < -0.3 is 10.6 Å². The van der Waals surface area contributed by atoms with Crippen molar-refractivity contribution in [1.29, 1.82) is 0 Å². The summed E-state index contributed by atoms with van der Waals surface area (Å²) in [5, 5.41) is 1.11. The third-order valence-electron chi connectivity index (χ3n) is 3.50. The molecule has 0 aromatic carbocycles. The van der Waals surface area contributed by atoms with Crippen LogP contribution in [0.25, 0.3) is 0 Å². The zero-order valence-corrected chi connectivity index (χ0v) is 10.2. The van der Waals surface area contributed by atoms with Gasteiger partial charge in [-0.2, -0.15) is 4.37 Å².